The Morgan fingerprint density at radius 1 is 1.30 bits per heavy atom. The zero-order valence-corrected chi connectivity index (χ0v) is 11.6. The van der Waals surface area contributed by atoms with Crippen LogP contribution in [-0.4, -0.2) is 28.5 Å². The summed E-state index contributed by atoms with van der Waals surface area (Å²) in [6, 6.07) is 2.84. The van der Waals surface area contributed by atoms with E-state index >= 15 is 0 Å². The van der Waals surface area contributed by atoms with Gasteiger partial charge >= 0.3 is 5.97 Å². The van der Waals surface area contributed by atoms with Gasteiger partial charge in [-0.3, -0.25) is 4.79 Å². The first-order valence-corrected chi connectivity index (χ1v) is 7.04. The fraction of sp³-hybridized carbons (Fsp3) is 0.533. The van der Waals surface area contributed by atoms with Crippen LogP contribution in [0.3, 0.4) is 0 Å². The van der Waals surface area contributed by atoms with E-state index in [9.17, 15) is 9.59 Å². The number of carboxylic acids is 1. The van der Waals surface area contributed by atoms with Crippen molar-refractivity contribution >= 4 is 11.9 Å². The SMILES string of the molecule is CC1CCC(CNC(=O)c2ccc(C(=O)O)nc2)CC1. The number of nitrogens with one attached hydrogen (secondary N) is 1. The zero-order valence-electron chi connectivity index (χ0n) is 11.6. The molecule has 2 rings (SSSR count). The Balaban J connectivity index is 1.84. The van der Waals surface area contributed by atoms with Gasteiger partial charge in [-0.2, -0.15) is 0 Å². The van der Waals surface area contributed by atoms with Crippen LogP contribution in [0.2, 0.25) is 0 Å². The molecule has 1 aromatic rings. The quantitative estimate of drug-likeness (QED) is 0.884. The van der Waals surface area contributed by atoms with E-state index in [-0.39, 0.29) is 11.6 Å². The molecule has 0 saturated heterocycles. The smallest absolute Gasteiger partial charge is 0.354 e. The minimum absolute atomic E-state index is 0.0529. The highest BCUT2D eigenvalue weighted by Gasteiger charge is 2.19. The summed E-state index contributed by atoms with van der Waals surface area (Å²) in [5, 5.41) is 11.7. The van der Waals surface area contributed by atoms with Gasteiger partial charge in [-0.05, 0) is 36.8 Å². The van der Waals surface area contributed by atoms with E-state index in [2.05, 4.69) is 17.2 Å². The molecule has 1 aliphatic rings. The van der Waals surface area contributed by atoms with Crippen LogP contribution in [0.5, 0.6) is 0 Å². The summed E-state index contributed by atoms with van der Waals surface area (Å²) < 4.78 is 0. The number of aromatic nitrogens is 1. The maximum Gasteiger partial charge on any atom is 0.354 e. The molecule has 1 heterocycles. The molecule has 2 N–H and O–H groups in total. The van der Waals surface area contributed by atoms with Crippen LogP contribution in [-0.2, 0) is 0 Å². The largest absolute Gasteiger partial charge is 0.477 e. The van der Waals surface area contributed by atoms with Crippen molar-refractivity contribution in [3.63, 3.8) is 0 Å². The van der Waals surface area contributed by atoms with Gasteiger partial charge in [0.15, 0.2) is 0 Å². The summed E-state index contributed by atoms with van der Waals surface area (Å²) in [4.78, 5) is 26.4. The molecule has 0 radical (unpaired) electrons. The number of aromatic carboxylic acids is 1. The molecule has 108 valence electrons. The van der Waals surface area contributed by atoms with Gasteiger partial charge in [0, 0.05) is 12.7 Å². The Hall–Kier alpha value is -1.91. The van der Waals surface area contributed by atoms with Crippen LogP contribution < -0.4 is 5.32 Å². The Kier molecular flexibility index (Phi) is 4.71. The average Bonchev–Trinajstić information content (AvgIpc) is 2.46. The van der Waals surface area contributed by atoms with Crippen molar-refractivity contribution in [2.45, 2.75) is 32.6 Å². The summed E-state index contributed by atoms with van der Waals surface area (Å²) in [5.74, 6) is 0.0810. The van der Waals surface area contributed by atoms with Gasteiger partial charge in [0.25, 0.3) is 5.91 Å². The third-order valence-electron chi connectivity index (χ3n) is 3.93. The Bertz CT molecular complexity index is 476. The van der Waals surface area contributed by atoms with Crippen LogP contribution in [0, 0.1) is 11.8 Å². The van der Waals surface area contributed by atoms with E-state index in [1.165, 1.54) is 31.2 Å². The number of amides is 1. The number of pyridine rings is 1. The average molecular weight is 276 g/mol. The highest BCUT2D eigenvalue weighted by atomic mass is 16.4. The van der Waals surface area contributed by atoms with Crippen molar-refractivity contribution in [1.29, 1.82) is 0 Å². The number of hydrogen-bond acceptors (Lipinski definition) is 3. The van der Waals surface area contributed by atoms with Gasteiger partial charge in [0.05, 0.1) is 5.56 Å². The molecular formula is C15H20N2O3. The van der Waals surface area contributed by atoms with E-state index in [1.807, 2.05) is 0 Å². The summed E-state index contributed by atoms with van der Waals surface area (Å²) in [7, 11) is 0. The molecule has 1 aliphatic carbocycles. The lowest BCUT2D eigenvalue weighted by Gasteiger charge is -2.26. The Morgan fingerprint density at radius 2 is 2.00 bits per heavy atom. The van der Waals surface area contributed by atoms with E-state index in [0.717, 1.165) is 18.8 Å². The minimum Gasteiger partial charge on any atom is -0.477 e. The predicted octanol–water partition coefficient (Wildman–Crippen LogP) is 2.34. The Labute approximate surface area is 118 Å². The van der Waals surface area contributed by atoms with Crippen molar-refractivity contribution in [3.8, 4) is 0 Å². The van der Waals surface area contributed by atoms with Gasteiger partial charge in [-0.25, -0.2) is 9.78 Å². The number of rotatable bonds is 4. The highest BCUT2D eigenvalue weighted by molar-refractivity contribution is 5.94. The van der Waals surface area contributed by atoms with Crippen molar-refractivity contribution < 1.29 is 14.7 Å². The van der Waals surface area contributed by atoms with E-state index < -0.39 is 5.97 Å². The predicted molar refractivity (Wildman–Crippen MR) is 74.7 cm³/mol. The molecule has 20 heavy (non-hydrogen) atoms. The second-order valence-electron chi connectivity index (χ2n) is 5.57. The van der Waals surface area contributed by atoms with Crippen molar-refractivity contribution in [3.05, 3.63) is 29.6 Å². The molecule has 0 aliphatic heterocycles. The van der Waals surface area contributed by atoms with Gasteiger partial charge in [0.1, 0.15) is 5.69 Å². The summed E-state index contributed by atoms with van der Waals surface area (Å²) in [6.45, 7) is 2.96. The van der Waals surface area contributed by atoms with Gasteiger partial charge < -0.3 is 10.4 Å². The third-order valence-corrected chi connectivity index (χ3v) is 3.93. The van der Waals surface area contributed by atoms with Crippen molar-refractivity contribution in [2.75, 3.05) is 6.54 Å². The molecule has 0 spiro atoms. The molecule has 1 saturated carbocycles. The van der Waals surface area contributed by atoms with Crippen LogP contribution in [0.25, 0.3) is 0 Å². The molecular weight excluding hydrogens is 256 g/mol. The van der Waals surface area contributed by atoms with Crippen molar-refractivity contribution in [1.82, 2.24) is 10.3 Å². The molecule has 0 bridgehead atoms. The number of carbonyl (C=O) groups excluding carboxylic acids is 1. The van der Waals surface area contributed by atoms with E-state index in [1.54, 1.807) is 0 Å². The molecule has 0 aromatic carbocycles. The second-order valence-corrected chi connectivity index (χ2v) is 5.57. The van der Waals surface area contributed by atoms with E-state index in [0.29, 0.717) is 18.0 Å². The lowest BCUT2D eigenvalue weighted by atomic mass is 9.83. The normalized spacial score (nSPS) is 22.2. The first kappa shape index (κ1) is 14.5. The third kappa shape index (κ3) is 3.79. The first-order valence-electron chi connectivity index (χ1n) is 7.04. The van der Waals surface area contributed by atoms with Crippen LogP contribution in [0.15, 0.2) is 18.3 Å². The number of nitrogens with zero attached hydrogens (tertiary/aromatic N) is 1. The van der Waals surface area contributed by atoms with Gasteiger partial charge in [-0.1, -0.05) is 19.8 Å². The molecule has 0 unspecified atom stereocenters. The van der Waals surface area contributed by atoms with Gasteiger partial charge in [0.2, 0.25) is 0 Å². The molecule has 1 amide bonds. The number of hydrogen-bond donors (Lipinski definition) is 2. The van der Waals surface area contributed by atoms with Gasteiger partial charge in [-0.15, -0.1) is 0 Å². The summed E-state index contributed by atoms with van der Waals surface area (Å²) in [6.07, 6.45) is 6.10. The minimum atomic E-state index is -1.09. The van der Waals surface area contributed by atoms with Crippen molar-refractivity contribution in [2.24, 2.45) is 11.8 Å². The maximum absolute atomic E-state index is 11.9. The van der Waals surface area contributed by atoms with E-state index in [4.69, 9.17) is 5.11 Å². The van der Waals surface area contributed by atoms with Crippen LogP contribution >= 0.6 is 0 Å². The monoisotopic (exact) mass is 276 g/mol. The summed E-state index contributed by atoms with van der Waals surface area (Å²) in [5.41, 5.74) is 0.349. The number of carboxylic acid groups (broad SMARTS) is 1. The molecule has 0 atom stereocenters. The highest BCUT2D eigenvalue weighted by Crippen LogP contribution is 2.27. The van der Waals surface area contributed by atoms with Crippen LogP contribution in [0.4, 0.5) is 0 Å². The van der Waals surface area contributed by atoms with Crippen LogP contribution in [0.1, 0.15) is 53.5 Å². The molecule has 5 nitrogen and oxygen atoms in total. The lowest BCUT2D eigenvalue weighted by molar-refractivity contribution is 0.0689. The summed E-state index contributed by atoms with van der Waals surface area (Å²) >= 11 is 0. The fourth-order valence-corrected chi connectivity index (χ4v) is 2.53. The number of carbonyl (C=O) groups is 2. The maximum atomic E-state index is 11.9. The lowest BCUT2D eigenvalue weighted by Crippen LogP contribution is -2.31. The first-order chi connectivity index (χ1) is 9.56. The standard InChI is InChI=1S/C15H20N2O3/c1-10-2-4-11(5-3-10)8-17-14(18)12-6-7-13(15(19)20)16-9-12/h6-7,9-11H,2-5,8H2,1H3,(H,17,18)(H,19,20). The zero-order chi connectivity index (χ0) is 14.5. The molecule has 1 aromatic heterocycles. The fourth-order valence-electron chi connectivity index (χ4n) is 2.53. The topological polar surface area (TPSA) is 79.3 Å². The molecule has 5 heteroatoms. The molecule has 1 fully saturated rings. The Morgan fingerprint density at radius 3 is 2.55 bits per heavy atom. The second kappa shape index (κ2) is 6.50.